The van der Waals surface area contributed by atoms with Gasteiger partial charge in [0.15, 0.2) is 5.96 Å². The number of carboxylic acid groups (broad SMARTS) is 2. The second-order valence-corrected chi connectivity index (χ2v) is 5.31. The van der Waals surface area contributed by atoms with Crippen molar-refractivity contribution in [1.82, 2.24) is 10.6 Å². The number of Topliss-reactive ketones (excluding diaryl/α,β-unsaturated/α-hetero) is 1. The van der Waals surface area contributed by atoms with Crippen LogP contribution in [0.25, 0.3) is 0 Å². The lowest BCUT2D eigenvalue weighted by Crippen LogP contribution is -2.42. The first-order valence-corrected chi connectivity index (χ1v) is 7.66. The first-order chi connectivity index (χ1) is 11.7. The summed E-state index contributed by atoms with van der Waals surface area (Å²) in [4.78, 5) is 49.0. The summed E-state index contributed by atoms with van der Waals surface area (Å²) in [6, 6.07) is -2.00. The number of likely N-dealkylation sites (N-methyl/N-ethyl adjacent to an activating group) is 1. The van der Waals surface area contributed by atoms with Gasteiger partial charge in [0.05, 0.1) is 12.5 Å². The fraction of sp³-hybridized carbons (Fsp3) is 0.643. The number of carbonyl (C=O) groups excluding carboxylic acids is 2. The molecule has 0 aliphatic heterocycles. The Hall–Kier alpha value is -2.69. The fourth-order valence-electron chi connectivity index (χ4n) is 2.02. The van der Waals surface area contributed by atoms with Crippen LogP contribution in [0, 0.1) is 0 Å². The van der Waals surface area contributed by atoms with Crippen LogP contribution in [0.4, 0.5) is 0 Å². The lowest BCUT2D eigenvalue weighted by Gasteiger charge is -2.15. The molecule has 11 heteroatoms. The summed E-state index contributed by atoms with van der Waals surface area (Å²) in [5, 5.41) is 22.4. The molecule has 0 aromatic rings. The predicted molar refractivity (Wildman–Crippen MR) is 88.8 cm³/mol. The Morgan fingerprint density at radius 1 is 1.08 bits per heavy atom. The van der Waals surface area contributed by atoms with Crippen molar-refractivity contribution < 1.29 is 29.4 Å². The van der Waals surface area contributed by atoms with Gasteiger partial charge in [0.25, 0.3) is 0 Å². The largest absolute Gasteiger partial charge is 0.481 e. The summed E-state index contributed by atoms with van der Waals surface area (Å²) in [6.07, 6.45) is -0.0160. The third kappa shape index (κ3) is 10.7. The minimum absolute atomic E-state index is 0.0293. The van der Waals surface area contributed by atoms with E-state index in [-0.39, 0.29) is 24.6 Å². The van der Waals surface area contributed by atoms with Gasteiger partial charge in [-0.25, -0.2) is 4.79 Å². The highest BCUT2D eigenvalue weighted by atomic mass is 16.4. The van der Waals surface area contributed by atoms with Crippen LogP contribution in [0.1, 0.15) is 32.1 Å². The maximum atomic E-state index is 12.1. The molecule has 0 aliphatic rings. The zero-order valence-electron chi connectivity index (χ0n) is 14.0. The molecule has 0 aromatic carbocycles. The molecule has 0 heterocycles. The fourth-order valence-corrected chi connectivity index (χ4v) is 2.02. The van der Waals surface area contributed by atoms with E-state index in [9.17, 15) is 19.2 Å². The van der Waals surface area contributed by atoms with E-state index in [1.807, 2.05) is 0 Å². The Bertz CT molecular complexity index is 518. The number of aliphatic carboxylic acids is 2. The van der Waals surface area contributed by atoms with E-state index in [1.54, 1.807) is 7.05 Å². The molecule has 0 fully saturated rings. The number of carboxylic acids is 2. The molecular formula is C14H25N5O6. The number of hydrogen-bond donors (Lipinski definition) is 6. The molecule has 0 saturated heterocycles. The van der Waals surface area contributed by atoms with Crippen molar-refractivity contribution in [3.8, 4) is 0 Å². The first kappa shape index (κ1) is 22.3. The molecule has 0 spiro atoms. The number of rotatable bonds is 13. The number of ketones is 1. The van der Waals surface area contributed by atoms with Crippen molar-refractivity contribution in [3.05, 3.63) is 0 Å². The van der Waals surface area contributed by atoms with Crippen LogP contribution in [-0.4, -0.2) is 65.5 Å². The minimum Gasteiger partial charge on any atom is -0.481 e. The standard InChI is InChI=1S/C14H25N5O6/c1-17-8(3-2-6-18-14(15)16)10(20)4-5-11(21)19-9(13(24)25)7-12(22)23/h8-9,17H,2-7H2,1H3,(H,19,21)(H,22,23)(H,24,25)(H4,15,16,18)/t8-,9-/m0/s1. The number of amides is 1. The average molecular weight is 359 g/mol. The van der Waals surface area contributed by atoms with E-state index < -0.39 is 36.4 Å². The lowest BCUT2D eigenvalue weighted by molar-refractivity contribution is -0.147. The van der Waals surface area contributed by atoms with Gasteiger partial charge in [-0.05, 0) is 19.9 Å². The van der Waals surface area contributed by atoms with Gasteiger partial charge in [-0.3, -0.25) is 19.4 Å². The van der Waals surface area contributed by atoms with Gasteiger partial charge in [0.2, 0.25) is 5.91 Å². The van der Waals surface area contributed by atoms with Gasteiger partial charge in [-0.2, -0.15) is 0 Å². The van der Waals surface area contributed by atoms with Gasteiger partial charge in [-0.1, -0.05) is 0 Å². The topological polar surface area (TPSA) is 197 Å². The Kier molecular flexibility index (Phi) is 10.5. The third-order valence-electron chi connectivity index (χ3n) is 3.29. The zero-order valence-corrected chi connectivity index (χ0v) is 14.0. The molecule has 25 heavy (non-hydrogen) atoms. The molecule has 1 amide bonds. The monoisotopic (exact) mass is 359 g/mol. The normalized spacial score (nSPS) is 12.7. The van der Waals surface area contributed by atoms with E-state index in [1.165, 1.54) is 0 Å². The molecule has 8 N–H and O–H groups in total. The highest BCUT2D eigenvalue weighted by Crippen LogP contribution is 2.04. The Morgan fingerprint density at radius 2 is 1.72 bits per heavy atom. The number of nitrogens with zero attached hydrogens (tertiary/aromatic N) is 1. The highest BCUT2D eigenvalue weighted by Gasteiger charge is 2.24. The minimum atomic E-state index is -1.53. The number of carbonyl (C=O) groups is 4. The van der Waals surface area contributed by atoms with Crippen LogP contribution < -0.4 is 22.1 Å². The summed E-state index contributed by atoms with van der Waals surface area (Å²) in [5.74, 6) is -3.74. The Morgan fingerprint density at radius 3 is 2.20 bits per heavy atom. The molecule has 0 aromatic heterocycles. The lowest BCUT2D eigenvalue weighted by atomic mass is 10.0. The number of hydrogen-bond acceptors (Lipinski definition) is 6. The maximum absolute atomic E-state index is 12.1. The molecule has 0 bridgehead atoms. The molecule has 0 aliphatic carbocycles. The number of nitrogens with one attached hydrogen (secondary N) is 2. The highest BCUT2D eigenvalue weighted by molar-refractivity contribution is 5.90. The summed E-state index contributed by atoms with van der Waals surface area (Å²) < 4.78 is 0. The van der Waals surface area contributed by atoms with Crippen molar-refractivity contribution in [1.29, 1.82) is 0 Å². The molecule has 0 radical (unpaired) electrons. The molecule has 142 valence electrons. The second-order valence-electron chi connectivity index (χ2n) is 5.31. The van der Waals surface area contributed by atoms with Crippen LogP contribution in [0.2, 0.25) is 0 Å². The van der Waals surface area contributed by atoms with Crippen LogP contribution >= 0.6 is 0 Å². The van der Waals surface area contributed by atoms with E-state index in [0.717, 1.165) is 0 Å². The first-order valence-electron chi connectivity index (χ1n) is 7.66. The van der Waals surface area contributed by atoms with Gasteiger partial charge in [0, 0.05) is 19.4 Å². The Balaban J connectivity index is 4.35. The van der Waals surface area contributed by atoms with Gasteiger partial charge in [0.1, 0.15) is 11.8 Å². The SMILES string of the molecule is CN[C@@H](CCCN=C(N)N)C(=O)CCC(=O)N[C@@H](CC(=O)O)C(=O)O. The average Bonchev–Trinajstić information content (AvgIpc) is 2.51. The number of nitrogens with two attached hydrogens (primary N) is 2. The van der Waals surface area contributed by atoms with Crippen LogP contribution in [0.15, 0.2) is 4.99 Å². The van der Waals surface area contributed by atoms with E-state index in [0.29, 0.717) is 19.4 Å². The molecule has 2 atom stereocenters. The maximum Gasteiger partial charge on any atom is 0.326 e. The molecule has 0 saturated carbocycles. The van der Waals surface area contributed by atoms with Crippen LogP contribution in [0.3, 0.4) is 0 Å². The summed E-state index contributed by atoms with van der Waals surface area (Å²) in [6.45, 7) is 0.379. The van der Waals surface area contributed by atoms with Crippen molar-refractivity contribution >= 4 is 29.6 Å². The third-order valence-corrected chi connectivity index (χ3v) is 3.29. The number of guanidine groups is 1. The summed E-state index contributed by atoms with van der Waals surface area (Å²) in [5.41, 5.74) is 10.4. The molecule has 11 nitrogen and oxygen atoms in total. The van der Waals surface area contributed by atoms with Gasteiger partial charge >= 0.3 is 11.9 Å². The molecule has 0 rings (SSSR count). The van der Waals surface area contributed by atoms with Gasteiger partial charge in [-0.15, -0.1) is 0 Å². The molecular weight excluding hydrogens is 334 g/mol. The summed E-state index contributed by atoms with van der Waals surface area (Å²) in [7, 11) is 1.61. The molecule has 0 unspecified atom stereocenters. The van der Waals surface area contributed by atoms with Gasteiger partial charge < -0.3 is 32.3 Å². The van der Waals surface area contributed by atoms with Crippen LogP contribution in [0.5, 0.6) is 0 Å². The van der Waals surface area contributed by atoms with Crippen molar-refractivity contribution in [2.24, 2.45) is 16.5 Å². The smallest absolute Gasteiger partial charge is 0.326 e. The Labute approximate surface area is 144 Å². The van der Waals surface area contributed by atoms with Crippen LogP contribution in [-0.2, 0) is 19.2 Å². The van der Waals surface area contributed by atoms with Crippen molar-refractivity contribution in [2.75, 3.05) is 13.6 Å². The summed E-state index contributed by atoms with van der Waals surface area (Å²) >= 11 is 0. The van der Waals surface area contributed by atoms with E-state index in [4.69, 9.17) is 21.7 Å². The quantitative estimate of drug-likeness (QED) is 0.122. The van der Waals surface area contributed by atoms with Crippen molar-refractivity contribution in [3.63, 3.8) is 0 Å². The zero-order chi connectivity index (χ0) is 19.4. The van der Waals surface area contributed by atoms with E-state index >= 15 is 0 Å². The van der Waals surface area contributed by atoms with Crippen molar-refractivity contribution in [2.45, 2.75) is 44.2 Å². The van der Waals surface area contributed by atoms with E-state index in [2.05, 4.69) is 15.6 Å². The second kappa shape index (κ2) is 11.8. The number of aliphatic imine (C=N–C) groups is 1. The predicted octanol–water partition coefficient (Wildman–Crippen LogP) is -1.98.